The lowest BCUT2D eigenvalue weighted by Crippen LogP contribution is -2.39. The van der Waals surface area contributed by atoms with E-state index in [0.29, 0.717) is 11.7 Å². The molecule has 5 nitrogen and oxygen atoms in total. The number of piperidine rings is 1. The average molecular weight is 283 g/mol. The van der Waals surface area contributed by atoms with Crippen LogP contribution in [0.1, 0.15) is 32.6 Å². The summed E-state index contributed by atoms with van der Waals surface area (Å²) < 4.78 is 24.7. The Morgan fingerprint density at radius 2 is 2.21 bits per heavy atom. The normalized spacial score (nSPS) is 20.3. The van der Waals surface area contributed by atoms with E-state index in [4.69, 9.17) is 0 Å². The molecule has 0 spiro atoms. The topological polar surface area (TPSA) is 62.3 Å². The third-order valence-electron chi connectivity index (χ3n) is 3.44. The number of rotatable bonds is 4. The highest BCUT2D eigenvalue weighted by Gasteiger charge is 2.21. The summed E-state index contributed by atoms with van der Waals surface area (Å²) in [5.41, 5.74) is 0.510. The molecule has 0 saturated carbocycles. The number of nitrogens with one attached hydrogen (secondary N) is 1. The van der Waals surface area contributed by atoms with Crippen LogP contribution in [-0.4, -0.2) is 32.2 Å². The van der Waals surface area contributed by atoms with Gasteiger partial charge in [-0.05, 0) is 37.8 Å². The fraction of sp³-hybridized carbons (Fsp3) is 0.615. The van der Waals surface area contributed by atoms with Gasteiger partial charge in [-0.2, -0.15) is 0 Å². The van der Waals surface area contributed by atoms with Crippen LogP contribution in [-0.2, 0) is 10.0 Å². The summed E-state index contributed by atoms with van der Waals surface area (Å²) in [5, 5.41) is 0. The van der Waals surface area contributed by atoms with E-state index >= 15 is 0 Å². The van der Waals surface area contributed by atoms with Gasteiger partial charge < -0.3 is 4.90 Å². The first-order valence-electron chi connectivity index (χ1n) is 6.70. The molecule has 1 fully saturated rings. The molecule has 0 aliphatic carbocycles. The van der Waals surface area contributed by atoms with Crippen LogP contribution in [0.25, 0.3) is 0 Å². The lowest BCUT2D eigenvalue weighted by molar-refractivity contribution is 0.447. The van der Waals surface area contributed by atoms with Crippen molar-refractivity contribution in [2.45, 2.75) is 38.6 Å². The number of hydrogen-bond acceptors (Lipinski definition) is 4. The third-order valence-corrected chi connectivity index (χ3v) is 4.05. The van der Waals surface area contributed by atoms with Gasteiger partial charge in [0.2, 0.25) is 10.0 Å². The molecule has 1 atom stereocenters. The third kappa shape index (κ3) is 3.83. The Morgan fingerprint density at radius 3 is 2.79 bits per heavy atom. The standard InChI is InChI=1S/C13H21N3O2S/c1-3-12-6-4-5-9-16(12)13-8-7-11(10-14-13)15-19(2,17)18/h7-8,10,12,15H,3-6,9H2,1-2H3. The maximum Gasteiger partial charge on any atom is 0.229 e. The molecule has 0 bridgehead atoms. The van der Waals surface area contributed by atoms with Gasteiger partial charge in [-0.3, -0.25) is 4.72 Å². The summed E-state index contributed by atoms with van der Waals surface area (Å²) >= 11 is 0. The van der Waals surface area contributed by atoms with Gasteiger partial charge in [-0.1, -0.05) is 6.92 Å². The number of nitrogens with zero attached hydrogens (tertiary/aromatic N) is 2. The highest BCUT2D eigenvalue weighted by atomic mass is 32.2. The first-order valence-corrected chi connectivity index (χ1v) is 8.59. The predicted molar refractivity (Wildman–Crippen MR) is 78.0 cm³/mol. The van der Waals surface area contributed by atoms with Crippen molar-refractivity contribution < 1.29 is 8.42 Å². The van der Waals surface area contributed by atoms with Crippen LogP contribution < -0.4 is 9.62 Å². The number of hydrogen-bond donors (Lipinski definition) is 1. The maximum absolute atomic E-state index is 11.1. The number of anilines is 2. The largest absolute Gasteiger partial charge is 0.354 e. The number of aromatic nitrogens is 1. The second-order valence-corrected chi connectivity index (χ2v) is 6.78. The van der Waals surface area contributed by atoms with Crippen LogP contribution in [0.4, 0.5) is 11.5 Å². The van der Waals surface area contributed by atoms with Crippen molar-refractivity contribution in [3.05, 3.63) is 18.3 Å². The second kappa shape index (κ2) is 5.77. The second-order valence-electron chi connectivity index (χ2n) is 5.03. The molecule has 6 heteroatoms. The van der Waals surface area contributed by atoms with Gasteiger partial charge in [-0.15, -0.1) is 0 Å². The van der Waals surface area contributed by atoms with Crippen molar-refractivity contribution in [3.8, 4) is 0 Å². The van der Waals surface area contributed by atoms with Gasteiger partial charge in [0.25, 0.3) is 0 Å². The summed E-state index contributed by atoms with van der Waals surface area (Å²) in [6.45, 7) is 3.23. The van der Waals surface area contributed by atoms with E-state index in [1.807, 2.05) is 6.07 Å². The first-order chi connectivity index (χ1) is 8.99. The van der Waals surface area contributed by atoms with Crippen LogP contribution in [0, 0.1) is 0 Å². The summed E-state index contributed by atoms with van der Waals surface area (Å²) in [5.74, 6) is 0.936. The Labute approximate surface area is 115 Å². The molecule has 19 heavy (non-hydrogen) atoms. The molecular formula is C13H21N3O2S. The lowest BCUT2D eigenvalue weighted by Gasteiger charge is -2.36. The van der Waals surface area contributed by atoms with Crippen molar-refractivity contribution in [2.24, 2.45) is 0 Å². The quantitative estimate of drug-likeness (QED) is 0.920. The monoisotopic (exact) mass is 283 g/mol. The Balaban J connectivity index is 2.13. The van der Waals surface area contributed by atoms with Crippen LogP contribution in [0.5, 0.6) is 0 Å². The Kier molecular flexibility index (Phi) is 4.29. The van der Waals surface area contributed by atoms with Crippen molar-refractivity contribution in [3.63, 3.8) is 0 Å². The summed E-state index contributed by atoms with van der Waals surface area (Å²) in [6, 6.07) is 4.21. The molecule has 106 valence electrons. The smallest absolute Gasteiger partial charge is 0.229 e. The fourth-order valence-electron chi connectivity index (χ4n) is 2.56. The van der Waals surface area contributed by atoms with E-state index in [-0.39, 0.29) is 0 Å². The van der Waals surface area contributed by atoms with E-state index in [2.05, 4.69) is 21.5 Å². The summed E-state index contributed by atoms with van der Waals surface area (Å²) in [4.78, 5) is 6.71. The van der Waals surface area contributed by atoms with E-state index in [0.717, 1.165) is 25.0 Å². The Morgan fingerprint density at radius 1 is 1.42 bits per heavy atom. The molecule has 1 unspecified atom stereocenters. The van der Waals surface area contributed by atoms with Gasteiger partial charge in [0.15, 0.2) is 0 Å². The van der Waals surface area contributed by atoms with Crippen molar-refractivity contribution in [2.75, 3.05) is 22.4 Å². The predicted octanol–water partition coefficient (Wildman–Crippen LogP) is 2.22. The highest BCUT2D eigenvalue weighted by Crippen LogP contribution is 2.25. The van der Waals surface area contributed by atoms with Crippen LogP contribution in [0.2, 0.25) is 0 Å². The molecule has 2 heterocycles. The van der Waals surface area contributed by atoms with Gasteiger partial charge >= 0.3 is 0 Å². The Hall–Kier alpha value is -1.30. The van der Waals surface area contributed by atoms with E-state index in [1.165, 1.54) is 19.3 Å². The van der Waals surface area contributed by atoms with Crippen molar-refractivity contribution in [1.82, 2.24) is 4.98 Å². The van der Waals surface area contributed by atoms with E-state index in [9.17, 15) is 8.42 Å². The molecule has 0 radical (unpaired) electrons. The molecular weight excluding hydrogens is 262 g/mol. The molecule has 0 aromatic carbocycles. The van der Waals surface area contributed by atoms with Crippen LogP contribution >= 0.6 is 0 Å². The minimum Gasteiger partial charge on any atom is -0.354 e. The van der Waals surface area contributed by atoms with Crippen molar-refractivity contribution in [1.29, 1.82) is 0 Å². The minimum absolute atomic E-state index is 0.510. The molecule has 1 aliphatic heterocycles. The van der Waals surface area contributed by atoms with E-state index in [1.54, 1.807) is 12.3 Å². The summed E-state index contributed by atoms with van der Waals surface area (Å²) in [7, 11) is -3.23. The minimum atomic E-state index is -3.23. The first kappa shape index (κ1) is 14.1. The zero-order valence-corrected chi connectivity index (χ0v) is 12.3. The van der Waals surface area contributed by atoms with Gasteiger partial charge in [0.1, 0.15) is 5.82 Å². The number of sulfonamides is 1. The molecule has 1 aliphatic rings. The van der Waals surface area contributed by atoms with Gasteiger partial charge in [0.05, 0.1) is 18.1 Å². The average Bonchev–Trinajstić information content (AvgIpc) is 2.38. The molecule has 1 aromatic heterocycles. The van der Waals surface area contributed by atoms with Gasteiger partial charge in [-0.25, -0.2) is 13.4 Å². The van der Waals surface area contributed by atoms with Crippen molar-refractivity contribution >= 4 is 21.5 Å². The molecule has 1 aromatic rings. The number of pyridine rings is 1. The lowest BCUT2D eigenvalue weighted by atomic mass is 10.00. The molecule has 1 N–H and O–H groups in total. The molecule has 1 saturated heterocycles. The zero-order valence-electron chi connectivity index (χ0n) is 11.5. The fourth-order valence-corrected chi connectivity index (χ4v) is 3.11. The molecule has 2 rings (SSSR count). The molecule has 0 amide bonds. The van der Waals surface area contributed by atoms with Gasteiger partial charge in [0, 0.05) is 12.6 Å². The Bertz CT molecular complexity index is 513. The zero-order chi connectivity index (χ0) is 13.9. The summed E-state index contributed by atoms with van der Waals surface area (Å²) in [6.07, 6.45) is 7.52. The van der Waals surface area contributed by atoms with Crippen LogP contribution in [0.15, 0.2) is 18.3 Å². The van der Waals surface area contributed by atoms with Crippen LogP contribution in [0.3, 0.4) is 0 Å². The van der Waals surface area contributed by atoms with E-state index < -0.39 is 10.0 Å². The maximum atomic E-state index is 11.1. The highest BCUT2D eigenvalue weighted by molar-refractivity contribution is 7.92. The SMILES string of the molecule is CCC1CCCCN1c1ccc(NS(C)(=O)=O)cn1.